The van der Waals surface area contributed by atoms with Crippen molar-refractivity contribution in [2.45, 2.75) is 39.8 Å². The Labute approximate surface area is 152 Å². The minimum absolute atomic E-state index is 0.210. The first-order valence-electron chi connectivity index (χ1n) is 9.30. The maximum atomic E-state index is 12.6. The fourth-order valence-corrected chi connectivity index (χ4v) is 4.15. The lowest BCUT2D eigenvalue weighted by molar-refractivity contribution is 0.467. The summed E-state index contributed by atoms with van der Waals surface area (Å²) in [5.74, 6) is 0.865. The van der Waals surface area contributed by atoms with Gasteiger partial charge in [0.25, 0.3) is 5.56 Å². The first-order valence-corrected chi connectivity index (χ1v) is 9.30. The molecule has 0 atom stereocenters. The Kier molecular flexibility index (Phi) is 4.10. The zero-order valence-electron chi connectivity index (χ0n) is 15.6. The maximum Gasteiger partial charge on any atom is 0.331 e. The fourth-order valence-electron chi connectivity index (χ4n) is 4.15. The van der Waals surface area contributed by atoms with Gasteiger partial charge >= 0.3 is 5.69 Å². The third kappa shape index (κ3) is 2.81. The van der Waals surface area contributed by atoms with Crippen molar-refractivity contribution in [3.05, 3.63) is 68.6 Å². The molecule has 3 aromatic rings. The van der Waals surface area contributed by atoms with Gasteiger partial charge < -0.3 is 4.57 Å². The molecule has 2 heterocycles. The van der Waals surface area contributed by atoms with Crippen LogP contribution in [0.5, 0.6) is 0 Å². The van der Waals surface area contributed by atoms with Gasteiger partial charge in [-0.05, 0) is 35.8 Å². The Bertz CT molecular complexity index is 1060. The maximum absolute atomic E-state index is 12.6. The highest BCUT2D eigenvalue weighted by Gasteiger charge is 2.22. The number of hydrogen-bond donors (Lipinski definition) is 0. The highest BCUT2D eigenvalue weighted by atomic mass is 16.2. The summed E-state index contributed by atoms with van der Waals surface area (Å²) in [6.45, 7) is 5.64. The number of benzene rings is 1. The molecule has 2 aromatic heterocycles. The van der Waals surface area contributed by atoms with Gasteiger partial charge in [0.05, 0.1) is 10.9 Å². The van der Waals surface area contributed by atoms with Crippen molar-refractivity contribution in [1.82, 2.24) is 13.7 Å². The first-order chi connectivity index (χ1) is 12.4. The summed E-state index contributed by atoms with van der Waals surface area (Å²) < 4.78 is 5.06. The van der Waals surface area contributed by atoms with Gasteiger partial charge in [0, 0.05) is 32.5 Å². The summed E-state index contributed by atoms with van der Waals surface area (Å²) in [5, 5.41) is 0.628. The average Bonchev–Trinajstić information content (AvgIpc) is 3.20. The molecule has 5 heteroatoms. The number of aromatic nitrogens is 3. The van der Waals surface area contributed by atoms with Crippen molar-refractivity contribution >= 4 is 10.9 Å². The SMILES string of the molecule is CC(C)Cn1c(=O)n(C)c(=O)c2cn(CC3Cc4ccccc4C3)cc21. The molecule has 0 N–H and O–H groups in total. The molecule has 0 amide bonds. The van der Waals surface area contributed by atoms with Crippen molar-refractivity contribution in [2.75, 3.05) is 0 Å². The molecule has 0 saturated carbocycles. The second kappa shape index (κ2) is 6.31. The van der Waals surface area contributed by atoms with Gasteiger partial charge in [0.2, 0.25) is 0 Å². The quantitative estimate of drug-likeness (QED) is 0.725. The average molecular weight is 351 g/mol. The van der Waals surface area contributed by atoms with Gasteiger partial charge in [0.15, 0.2) is 0 Å². The van der Waals surface area contributed by atoms with Crippen LogP contribution < -0.4 is 11.2 Å². The van der Waals surface area contributed by atoms with E-state index in [4.69, 9.17) is 0 Å². The zero-order valence-corrected chi connectivity index (χ0v) is 15.6. The summed E-state index contributed by atoms with van der Waals surface area (Å²) in [4.78, 5) is 25.1. The number of rotatable bonds is 4. The predicted octanol–water partition coefficient (Wildman–Crippen LogP) is 2.57. The van der Waals surface area contributed by atoms with E-state index in [1.165, 1.54) is 15.7 Å². The molecule has 0 unspecified atom stereocenters. The highest BCUT2D eigenvalue weighted by molar-refractivity contribution is 5.77. The van der Waals surface area contributed by atoms with Crippen LogP contribution >= 0.6 is 0 Å². The fraction of sp³-hybridized carbons (Fsp3) is 0.429. The lowest BCUT2D eigenvalue weighted by atomic mass is 10.1. The molecule has 4 rings (SSSR count). The van der Waals surface area contributed by atoms with E-state index >= 15 is 0 Å². The van der Waals surface area contributed by atoms with Crippen molar-refractivity contribution in [1.29, 1.82) is 0 Å². The molecule has 1 aromatic carbocycles. The van der Waals surface area contributed by atoms with Crippen LogP contribution in [0.15, 0.2) is 46.2 Å². The monoisotopic (exact) mass is 351 g/mol. The predicted molar refractivity (Wildman–Crippen MR) is 104 cm³/mol. The topological polar surface area (TPSA) is 48.9 Å². The molecule has 0 aliphatic heterocycles. The normalized spacial score (nSPS) is 14.5. The summed E-state index contributed by atoms with van der Waals surface area (Å²) in [5.41, 5.74) is 3.17. The molecule has 26 heavy (non-hydrogen) atoms. The molecule has 0 fully saturated rings. The molecule has 1 aliphatic carbocycles. The van der Waals surface area contributed by atoms with E-state index in [1.54, 1.807) is 11.6 Å². The zero-order chi connectivity index (χ0) is 18.4. The second-order valence-corrected chi connectivity index (χ2v) is 7.95. The largest absolute Gasteiger partial charge is 0.351 e. The van der Waals surface area contributed by atoms with E-state index in [-0.39, 0.29) is 11.2 Å². The van der Waals surface area contributed by atoms with Crippen LogP contribution in [0.2, 0.25) is 0 Å². The third-order valence-electron chi connectivity index (χ3n) is 5.35. The molecule has 136 valence electrons. The van der Waals surface area contributed by atoms with Crippen LogP contribution in [-0.2, 0) is 33.0 Å². The van der Waals surface area contributed by atoms with Crippen molar-refractivity contribution in [3.8, 4) is 0 Å². The minimum atomic E-state index is -0.234. The number of nitrogens with zero attached hydrogens (tertiary/aromatic N) is 3. The molecule has 0 bridgehead atoms. The highest BCUT2D eigenvalue weighted by Crippen LogP contribution is 2.28. The molecule has 1 aliphatic rings. The van der Waals surface area contributed by atoms with Gasteiger partial charge in [0.1, 0.15) is 0 Å². The van der Waals surface area contributed by atoms with Crippen LogP contribution in [-0.4, -0.2) is 13.7 Å². The van der Waals surface area contributed by atoms with Gasteiger partial charge in [-0.3, -0.25) is 13.9 Å². The van der Waals surface area contributed by atoms with Gasteiger partial charge in [-0.15, -0.1) is 0 Å². The summed E-state index contributed by atoms with van der Waals surface area (Å²) >= 11 is 0. The lowest BCUT2D eigenvalue weighted by Crippen LogP contribution is -2.38. The van der Waals surface area contributed by atoms with E-state index in [1.807, 2.05) is 12.4 Å². The van der Waals surface area contributed by atoms with E-state index in [9.17, 15) is 9.59 Å². The first kappa shape index (κ1) is 16.9. The van der Waals surface area contributed by atoms with E-state index in [0.717, 1.165) is 24.9 Å². The number of hydrogen-bond acceptors (Lipinski definition) is 2. The Hall–Kier alpha value is -2.56. The van der Waals surface area contributed by atoms with Gasteiger partial charge in [-0.1, -0.05) is 38.1 Å². The second-order valence-electron chi connectivity index (χ2n) is 7.95. The smallest absolute Gasteiger partial charge is 0.331 e. The molecular weight excluding hydrogens is 326 g/mol. The summed E-state index contributed by atoms with van der Waals surface area (Å²) in [6, 6.07) is 8.61. The molecule has 5 nitrogen and oxygen atoms in total. The van der Waals surface area contributed by atoms with Crippen LogP contribution in [0.1, 0.15) is 25.0 Å². The van der Waals surface area contributed by atoms with Crippen molar-refractivity contribution < 1.29 is 0 Å². The Balaban J connectivity index is 1.71. The van der Waals surface area contributed by atoms with Crippen molar-refractivity contribution in [2.24, 2.45) is 18.9 Å². The lowest BCUT2D eigenvalue weighted by Gasteiger charge is -2.11. The third-order valence-corrected chi connectivity index (χ3v) is 5.35. The van der Waals surface area contributed by atoms with Crippen molar-refractivity contribution in [3.63, 3.8) is 0 Å². The van der Waals surface area contributed by atoms with E-state index in [0.29, 0.717) is 23.8 Å². The standard InChI is InChI=1S/C21H25N3O2/c1-14(2)10-24-19-13-23(12-18(19)20(25)22(3)21(24)26)11-15-8-16-6-4-5-7-17(16)9-15/h4-7,12-15H,8-11H2,1-3H3. The van der Waals surface area contributed by atoms with E-state index in [2.05, 4.69) is 42.7 Å². The van der Waals surface area contributed by atoms with Crippen LogP contribution in [0.25, 0.3) is 10.9 Å². The molecular formula is C21H25N3O2. The summed E-state index contributed by atoms with van der Waals surface area (Å²) in [6.07, 6.45) is 6.03. The Morgan fingerprint density at radius 2 is 1.73 bits per heavy atom. The van der Waals surface area contributed by atoms with Crippen LogP contribution in [0, 0.1) is 11.8 Å². The van der Waals surface area contributed by atoms with Gasteiger partial charge in [-0.25, -0.2) is 4.79 Å². The summed E-state index contributed by atoms with van der Waals surface area (Å²) in [7, 11) is 1.56. The molecule has 0 spiro atoms. The van der Waals surface area contributed by atoms with Crippen LogP contribution in [0.3, 0.4) is 0 Å². The van der Waals surface area contributed by atoms with Gasteiger partial charge in [-0.2, -0.15) is 0 Å². The Morgan fingerprint density at radius 1 is 1.08 bits per heavy atom. The molecule has 0 saturated heterocycles. The van der Waals surface area contributed by atoms with E-state index < -0.39 is 0 Å². The minimum Gasteiger partial charge on any atom is -0.351 e. The molecule has 0 radical (unpaired) electrons. The Morgan fingerprint density at radius 3 is 2.35 bits per heavy atom. The number of fused-ring (bicyclic) bond motifs is 2. The van der Waals surface area contributed by atoms with Crippen LogP contribution in [0.4, 0.5) is 0 Å².